The van der Waals surface area contributed by atoms with Crippen LogP contribution in [0.15, 0.2) is 4.52 Å². The maximum Gasteiger partial charge on any atom is 0.429 e. The molecule has 0 radical (unpaired) electrons. The monoisotopic (exact) mass is 397 g/mol. The van der Waals surface area contributed by atoms with Crippen LogP contribution in [0, 0.1) is 0 Å². The quantitative estimate of drug-likeness (QED) is 0.406. The van der Waals surface area contributed by atoms with Crippen LogP contribution in [0.4, 0.5) is 17.6 Å². The lowest BCUT2D eigenvalue weighted by molar-refractivity contribution is -0.833. The third-order valence-electron chi connectivity index (χ3n) is 2.21. The highest BCUT2D eigenvalue weighted by Crippen LogP contribution is 2.25. The molecule has 0 spiro atoms. The molecule has 2 heterocycles. The molecular formula is C9H13ClIN7O. The molecule has 4 N–H and O–H groups in total. The average molecular weight is 398 g/mol. The lowest BCUT2D eigenvalue weighted by Gasteiger charge is -2.00. The van der Waals surface area contributed by atoms with E-state index in [-0.39, 0.29) is 52.4 Å². The first-order valence-corrected chi connectivity index (χ1v) is 5.41. The fraction of sp³-hybridized carbons (Fsp3) is 0.333. The smallest absolute Gasteiger partial charge is 0.429 e. The first kappa shape index (κ1) is 15.7. The number of aromatic nitrogens is 4. The third kappa shape index (κ3) is 2.97. The Kier molecular flexibility index (Phi) is 4.74. The number of rotatable bonds is 2. The molecule has 0 aliphatic carbocycles. The summed E-state index contributed by atoms with van der Waals surface area (Å²) >= 11 is 5.80. The van der Waals surface area contributed by atoms with E-state index in [0.29, 0.717) is 5.95 Å². The summed E-state index contributed by atoms with van der Waals surface area (Å²) in [5, 5.41) is 0.0615. The van der Waals surface area contributed by atoms with Crippen LogP contribution in [0.5, 0.6) is 0 Å². The van der Waals surface area contributed by atoms with Gasteiger partial charge in [-0.15, -0.1) is 0 Å². The van der Waals surface area contributed by atoms with E-state index in [1.54, 1.807) is 11.9 Å². The van der Waals surface area contributed by atoms with Crippen molar-refractivity contribution in [2.24, 2.45) is 7.05 Å². The summed E-state index contributed by atoms with van der Waals surface area (Å²) in [6, 6.07) is 0. The summed E-state index contributed by atoms with van der Waals surface area (Å²) < 4.78 is 6.91. The summed E-state index contributed by atoms with van der Waals surface area (Å²) in [6.07, 6.45) is 0. The molecule has 0 saturated carbocycles. The second-order valence-electron chi connectivity index (χ2n) is 3.83. The van der Waals surface area contributed by atoms with Crippen molar-refractivity contribution in [2.75, 3.05) is 30.5 Å². The van der Waals surface area contributed by atoms with Gasteiger partial charge in [0.1, 0.15) is 0 Å². The zero-order valence-electron chi connectivity index (χ0n) is 10.6. The third-order valence-corrected chi connectivity index (χ3v) is 2.49. The van der Waals surface area contributed by atoms with Gasteiger partial charge >= 0.3 is 11.8 Å². The molecule has 19 heavy (non-hydrogen) atoms. The largest absolute Gasteiger partial charge is 1.00 e. The highest BCUT2D eigenvalue weighted by Gasteiger charge is 2.25. The second-order valence-corrected chi connectivity index (χ2v) is 4.19. The van der Waals surface area contributed by atoms with Crippen LogP contribution in [0.2, 0.25) is 5.15 Å². The van der Waals surface area contributed by atoms with Crippen molar-refractivity contribution in [2.45, 2.75) is 0 Å². The van der Waals surface area contributed by atoms with Crippen LogP contribution in [0.3, 0.4) is 0 Å². The van der Waals surface area contributed by atoms with E-state index >= 15 is 0 Å². The lowest BCUT2D eigenvalue weighted by Crippen LogP contribution is -3.00. The summed E-state index contributed by atoms with van der Waals surface area (Å²) in [5.41, 5.74) is 11.5. The molecule has 0 atom stereocenters. The summed E-state index contributed by atoms with van der Waals surface area (Å²) in [7, 11) is 5.40. The molecule has 10 heteroatoms. The van der Waals surface area contributed by atoms with Crippen molar-refractivity contribution in [1.29, 1.82) is 0 Å². The minimum atomic E-state index is 0. The Hall–Kier alpha value is -1.36. The number of nitrogens with zero attached hydrogens (tertiary/aromatic N) is 5. The van der Waals surface area contributed by atoms with Crippen molar-refractivity contribution in [3.05, 3.63) is 5.15 Å². The van der Waals surface area contributed by atoms with Gasteiger partial charge in [-0.1, -0.05) is 16.3 Å². The predicted molar refractivity (Wildman–Crippen MR) is 66.9 cm³/mol. The standard InChI is InChI=1S/C9H12ClN7O.HI/c1-16(2)9-15-8(18-17(9)3)4-6(11)14-7(12)5(10)13-4;/h1-3H3,(H3,11,12,14);1H. The van der Waals surface area contributed by atoms with Gasteiger partial charge < -0.3 is 35.4 Å². The fourth-order valence-corrected chi connectivity index (χ4v) is 1.56. The molecular weight excluding hydrogens is 385 g/mol. The minimum Gasteiger partial charge on any atom is -1.00 e. The molecule has 8 nitrogen and oxygen atoms in total. The summed E-state index contributed by atoms with van der Waals surface area (Å²) in [5.74, 6) is 1.03. The Bertz CT molecular complexity index is 600. The van der Waals surface area contributed by atoms with Crippen LogP contribution < -0.4 is 45.1 Å². The number of hydrogen-bond donors (Lipinski definition) is 2. The lowest BCUT2D eigenvalue weighted by atomic mass is 10.4. The molecule has 0 fully saturated rings. The van der Waals surface area contributed by atoms with E-state index in [4.69, 9.17) is 27.6 Å². The van der Waals surface area contributed by atoms with E-state index in [1.165, 1.54) is 4.74 Å². The topological polar surface area (TPSA) is 111 Å². The van der Waals surface area contributed by atoms with E-state index in [1.807, 2.05) is 14.1 Å². The Morgan fingerprint density at radius 2 is 1.79 bits per heavy atom. The normalized spacial score (nSPS) is 10.1. The highest BCUT2D eigenvalue weighted by molar-refractivity contribution is 6.31. The van der Waals surface area contributed by atoms with Gasteiger partial charge in [0.15, 0.2) is 22.5 Å². The number of nitrogen functional groups attached to an aromatic ring is 2. The Balaban J connectivity index is 0.00000180. The van der Waals surface area contributed by atoms with Gasteiger partial charge in [0, 0.05) is 0 Å². The molecule has 0 unspecified atom stereocenters. The van der Waals surface area contributed by atoms with Crippen LogP contribution >= 0.6 is 11.6 Å². The van der Waals surface area contributed by atoms with Gasteiger partial charge in [-0.05, 0) is 4.98 Å². The molecule has 0 bridgehead atoms. The van der Waals surface area contributed by atoms with Crippen molar-refractivity contribution >= 4 is 29.2 Å². The van der Waals surface area contributed by atoms with Gasteiger partial charge in [-0.2, -0.15) is 0 Å². The minimum absolute atomic E-state index is 0. The Labute approximate surface area is 131 Å². The second kappa shape index (κ2) is 5.74. The SMILES string of the molecule is CN(C)c1nc(-c2nc(Cl)c(N)nc2N)o[n+]1C.[I-]. The van der Waals surface area contributed by atoms with E-state index in [9.17, 15) is 0 Å². The number of halogens is 2. The Morgan fingerprint density at radius 1 is 1.16 bits per heavy atom. The van der Waals surface area contributed by atoms with Crippen LogP contribution in [0.1, 0.15) is 0 Å². The van der Waals surface area contributed by atoms with Gasteiger partial charge in [0.05, 0.1) is 21.1 Å². The van der Waals surface area contributed by atoms with Gasteiger partial charge in [-0.25, -0.2) is 9.97 Å². The molecule has 0 saturated heterocycles. The Morgan fingerprint density at radius 3 is 2.32 bits per heavy atom. The number of aryl methyl sites for hydroxylation is 1. The van der Waals surface area contributed by atoms with Crippen molar-refractivity contribution in [3.63, 3.8) is 0 Å². The highest BCUT2D eigenvalue weighted by atomic mass is 127. The van der Waals surface area contributed by atoms with Crippen molar-refractivity contribution in [3.8, 4) is 11.6 Å². The van der Waals surface area contributed by atoms with Crippen molar-refractivity contribution < 1.29 is 33.2 Å². The fourth-order valence-electron chi connectivity index (χ4n) is 1.43. The number of hydrogen-bond acceptors (Lipinski definition) is 7. The summed E-state index contributed by atoms with van der Waals surface area (Å²) in [4.78, 5) is 13.9. The van der Waals surface area contributed by atoms with E-state index in [2.05, 4.69) is 15.0 Å². The maximum absolute atomic E-state index is 5.80. The van der Waals surface area contributed by atoms with Gasteiger partial charge in [-0.3, -0.25) is 9.42 Å². The van der Waals surface area contributed by atoms with Crippen LogP contribution in [0.25, 0.3) is 11.6 Å². The first-order chi connectivity index (χ1) is 8.40. The molecule has 0 amide bonds. The molecule has 0 aromatic carbocycles. The van der Waals surface area contributed by atoms with Gasteiger partial charge in [0.2, 0.25) is 0 Å². The molecule has 2 rings (SSSR count). The van der Waals surface area contributed by atoms with E-state index < -0.39 is 0 Å². The van der Waals surface area contributed by atoms with Crippen LogP contribution in [-0.4, -0.2) is 29.0 Å². The first-order valence-electron chi connectivity index (χ1n) is 5.03. The van der Waals surface area contributed by atoms with E-state index in [0.717, 1.165) is 0 Å². The molecule has 0 aliphatic rings. The predicted octanol–water partition coefficient (Wildman–Crippen LogP) is -3.16. The maximum atomic E-state index is 5.80. The number of anilines is 3. The zero-order valence-corrected chi connectivity index (χ0v) is 13.5. The van der Waals surface area contributed by atoms with Crippen molar-refractivity contribution in [1.82, 2.24) is 15.0 Å². The van der Waals surface area contributed by atoms with Crippen LogP contribution in [-0.2, 0) is 7.05 Å². The molecule has 2 aromatic heterocycles. The molecule has 0 aliphatic heterocycles. The summed E-state index contributed by atoms with van der Waals surface area (Å²) in [6.45, 7) is 0. The molecule has 2 aromatic rings. The average Bonchev–Trinajstić information content (AvgIpc) is 2.65. The number of nitrogens with two attached hydrogens (primary N) is 2. The molecule has 104 valence electrons. The van der Waals surface area contributed by atoms with Gasteiger partial charge in [0.25, 0.3) is 0 Å². The zero-order chi connectivity index (χ0) is 13.4.